The van der Waals surface area contributed by atoms with Gasteiger partial charge in [0.05, 0.1) is 16.3 Å². The molecule has 0 spiro atoms. The van der Waals surface area contributed by atoms with Crippen molar-refractivity contribution in [2.24, 2.45) is 0 Å². The third kappa shape index (κ3) is 3.95. The van der Waals surface area contributed by atoms with Crippen LogP contribution in [0.25, 0.3) is 22.0 Å². The van der Waals surface area contributed by atoms with E-state index in [0.717, 1.165) is 47.6 Å². The van der Waals surface area contributed by atoms with Crippen molar-refractivity contribution in [1.29, 1.82) is 0 Å². The zero-order valence-electron chi connectivity index (χ0n) is 14.9. The topological polar surface area (TPSA) is 63.2 Å². The van der Waals surface area contributed by atoms with Crippen LogP contribution < -0.4 is 0 Å². The van der Waals surface area contributed by atoms with Gasteiger partial charge >= 0.3 is 0 Å². The molecule has 1 aliphatic heterocycles. The molecule has 0 saturated carbocycles. The Bertz CT molecular complexity index is 991. The average molecular weight is 400 g/mol. The van der Waals surface area contributed by atoms with E-state index in [-0.39, 0.29) is 0 Å². The summed E-state index contributed by atoms with van der Waals surface area (Å²) < 4.78 is 27.4. The van der Waals surface area contributed by atoms with Gasteiger partial charge in [0.1, 0.15) is 5.01 Å². The molecule has 3 aromatic rings. The van der Waals surface area contributed by atoms with Crippen molar-refractivity contribution >= 4 is 21.4 Å². The molecule has 4 rings (SSSR count). The minimum atomic E-state index is -3.42. The minimum Gasteiger partial charge on any atom is -0.254 e. The molecule has 0 unspecified atom stereocenters. The lowest BCUT2D eigenvalue weighted by Crippen LogP contribution is -2.31. The van der Waals surface area contributed by atoms with Gasteiger partial charge in [0.2, 0.25) is 10.0 Å². The number of pyridine rings is 1. The van der Waals surface area contributed by atoms with Gasteiger partial charge in [-0.1, -0.05) is 31.0 Å². The first-order valence-corrected chi connectivity index (χ1v) is 11.4. The van der Waals surface area contributed by atoms with Crippen molar-refractivity contribution in [3.05, 3.63) is 54.0 Å². The molecule has 1 saturated heterocycles. The number of benzene rings is 1. The Balaban J connectivity index is 1.56. The number of aromatic nitrogens is 2. The van der Waals surface area contributed by atoms with Gasteiger partial charge in [-0.15, -0.1) is 11.3 Å². The number of sulfonamides is 1. The van der Waals surface area contributed by atoms with Crippen LogP contribution in [0.15, 0.2) is 58.9 Å². The molecule has 27 heavy (non-hydrogen) atoms. The van der Waals surface area contributed by atoms with E-state index in [9.17, 15) is 8.42 Å². The molecule has 1 aromatic carbocycles. The Hall–Kier alpha value is -2.09. The molecular formula is C20H21N3O2S2. The van der Waals surface area contributed by atoms with Crippen LogP contribution in [-0.4, -0.2) is 35.8 Å². The highest BCUT2D eigenvalue weighted by molar-refractivity contribution is 7.89. The highest BCUT2D eigenvalue weighted by atomic mass is 32.2. The number of hydrogen-bond acceptors (Lipinski definition) is 5. The van der Waals surface area contributed by atoms with Gasteiger partial charge in [0.25, 0.3) is 0 Å². The predicted molar refractivity (Wildman–Crippen MR) is 108 cm³/mol. The molecule has 0 atom stereocenters. The van der Waals surface area contributed by atoms with Crippen LogP contribution in [0.1, 0.15) is 25.7 Å². The first-order chi connectivity index (χ1) is 13.1. The number of rotatable bonds is 4. The molecule has 140 valence electrons. The molecule has 3 heterocycles. The molecule has 0 amide bonds. The average Bonchev–Trinajstić information content (AvgIpc) is 3.03. The second-order valence-electron chi connectivity index (χ2n) is 6.60. The third-order valence-corrected chi connectivity index (χ3v) is 7.52. The molecule has 5 nitrogen and oxygen atoms in total. The second kappa shape index (κ2) is 7.88. The standard InChI is InChI=1S/C20H21N3O2S2/c24-27(25,23-13-5-1-2-6-14-23)17-10-8-16(9-11-17)19-15-26-20(22-19)18-7-3-4-12-21-18/h3-4,7-12,15H,1-2,5-6,13-14H2. The van der Waals surface area contributed by atoms with Crippen LogP contribution in [0.2, 0.25) is 0 Å². The molecule has 0 aliphatic carbocycles. The van der Waals surface area contributed by atoms with Crippen molar-refractivity contribution in [1.82, 2.24) is 14.3 Å². The summed E-state index contributed by atoms with van der Waals surface area (Å²) in [6.07, 6.45) is 5.83. The van der Waals surface area contributed by atoms with Crippen molar-refractivity contribution in [3.8, 4) is 22.0 Å². The van der Waals surface area contributed by atoms with E-state index in [0.29, 0.717) is 18.0 Å². The molecular weight excluding hydrogens is 378 g/mol. The van der Waals surface area contributed by atoms with E-state index in [1.165, 1.54) is 11.3 Å². The molecule has 0 N–H and O–H groups in total. The predicted octanol–water partition coefficient (Wildman–Crippen LogP) is 4.44. The summed E-state index contributed by atoms with van der Waals surface area (Å²) in [7, 11) is -3.42. The van der Waals surface area contributed by atoms with Gasteiger partial charge in [0, 0.05) is 30.2 Å². The first-order valence-electron chi connectivity index (χ1n) is 9.12. The summed E-state index contributed by atoms with van der Waals surface area (Å²) >= 11 is 1.53. The van der Waals surface area contributed by atoms with E-state index in [4.69, 9.17) is 0 Å². The van der Waals surface area contributed by atoms with Gasteiger partial charge in [-0.3, -0.25) is 4.98 Å². The van der Waals surface area contributed by atoms with Crippen molar-refractivity contribution in [2.45, 2.75) is 30.6 Å². The lowest BCUT2D eigenvalue weighted by Gasteiger charge is -2.19. The Morgan fingerprint density at radius 2 is 1.63 bits per heavy atom. The molecule has 0 bridgehead atoms. The van der Waals surface area contributed by atoms with E-state index in [2.05, 4.69) is 9.97 Å². The summed E-state index contributed by atoms with van der Waals surface area (Å²) in [5.74, 6) is 0. The van der Waals surface area contributed by atoms with Gasteiger partial charge in [-0.05, 0) is 37.1 Å². The number of thiazole rings is 1. The summed E-state index contributed by atoms with van der Waals surface area (Å²) in [6, 6.07) is 12.8. The normalized spacial score (nSPS) is 16.1. The number of hydrogen-bond donors (Lipinski definition) is 0. The third-order valence-electron chi connectivity index (χ3n) is 4.74. The van der Waals surface area contributed by atoms with Gasteiger partial charge < -0.3 is 0 Å². The molecule has 1 fully saturated rings. The second-order valence-corrected chi connectivity index (χ2v) is 9.39. The maximum atomic E-state index is 12.9. The number of nitrogens with zero attached hydrogens (tertiary/aromatic N) is 3. The lowest BCUT2D eigenvalue weighted by molar-refractivity contribution is 0.424. The summed E-state index contributed by atoms with van der Waals surface area (Å²) in [5, 5.41) is 2.83. The maximum Gasteiger partial charge on any atom is 0.243 e. The highest BCUT2D eigenvalue weighted by Gasteiger charge is 2.25. The van der Waals surface area contributed by atoms with Crippen LogP contribution in [0.5, 0.6) is 0 Å². The largest absolute Gasteiger partial charge is 0.254 e. The minimum absolute atomic E-state index is 0.355. The zero-order valence-corrected chi connectivity index (χ0v) is 16.5. The van der Waals surface area contributed by atoms with Crippen LogP contribution in [0.3, 0.4) is 0 Å². The van der Waals surface area contributed by atoms with Gasteiger partial charge in [0.15, 0.2) is 0 Å². The first kappa shape index (κ1) is 18.3. The Morgan fingerprint density at radius 3 is 2.30 bits per heavy atom. The fraction of sp³-hybridized carbons (Fsp3) is 0.300. The Kier molecular flexibility index (Phi) is 5.33. The molecule has 7 heteroatoms. The van der Waals surface area contributed by atoms with Crippen molar-refractivity contribution in [3.63, 3.8) is 0 Å². The Morgan fingerprint density at radius 1 is 0.889 bits per heavy atom. The van der Waals surface area contributed by atoms with E-state index in [1.807, 2.05) is 35.7 Å². The summed E-state index contributed by atoms with van der Waals surface area (Å²) in [6.45, 7) is 1.23. The highest BCUT2D eigenvalue weighted by Crippen LogP contribution is 2.29. The van der Waals surface area contributed by atoms with Gasteiger partial charge in [-0.2, -0.15) is 4.31 Å². The SMILES string of the molecule is O=S(=O)(c1ccc(-c2csc(-c3ccccn3)n2)cc1)N1CCCCCC1. The fourth-order valence-electron chi connectivity index (χ4n) is 3.24. The van der Waals surface area contributed by atoms with E-state index >= 15 is 0 Å². The summed E-state index contributed by atoms with van der Waals surface area (Å²) in [4.78, 5) is 9.32. The fourth-order valence-corrected chi connectivity index (χ4v) is 5.56. The maximum absolute atomic E-state index is 12.9. The van der Waals surface area contributed by atoms with Crippen LogP contribution in [0.4, 0.5) is 0 Å². The summed E-state index contributed by atoms with van der Waals surface area (Å²) in [5.41, 5.74) is 2.58. The smallest absolute Gasteiger partial charge is 0.243 e. The van der Waals surface area contributed by atoms with E-state index in [1.54, 1.807) is 22.6 Å². The lowest BCUT2D eigenvalue weighted by atomic mass is 10.2. The van der Waals surface area contributed by atoms with Crippen LogP contribution in [0, 0.1) is 0 Å². The molecule has 1 aliphatic rings. The van der Waals surface area contributed by atoms with Crippen molar-refractivity contribution in [2.75, 3.05) is 13.1 Å². The van der Waals surface area contributed by atoms with Crippen molar-refractivity contribution < 1.29 is 8.42 Å². The van der Waals surface area contributed by atoms with Gasteiger partial charge in [-0.25, -0.2) is 13.4 Å². The van der Waals surface area contributed by atoms with E-state index < -0.39 is 10.0 Å². The quantitative estimate of drug-likeness (QED) is 0.651. The molecule has 2 aromatic heterocycles. The Labute approximate surface area is 163 Å². The van der Waals surface area contributed by atoms with Crippen LogP contribution >= 0.6 is 11.3 Å². The van der Waals surface area contributed by atoms with Crippen LogP contribution in [-0.2, 0) is 10.0 Å². The molecule has 0 radical (unpaired) electrons. The zero-order chi connectivity index (χ0) is 18.7. The monoisotopic (exact) mass is 399 g/mol.